The summed E-state index contributed by atoms with van der Waals surface area (Å²) in [5, 5.41) is 3.47. The number of ether oxygens (including phenoxy) is 1. The zero-order chi connectivity index (χ0) is 19.8. The van der Waals surface area contributed by atoms with Gasteiger partial charge in [0.05, 0.1) is 35.9 Å². The van der Waals surface area contributed by atoms with Crippen molar-refractivity contribution in [3.8, 4) is 11.4 Å². The van der Waals surface area contributed by atoms with Gasteiger partial charge in [-0.25, -0.2) is 9.97 Å². The molecule has 4 heterocycles. The predicted molar refractivity (Wildman–Crippen MR) is 109 cm³/mol. The Hall–Kier alpha value is -1.87. The van der Waals surface area contributed by atoms with Crippen LogP contribution in [0, 0.1) is 6.92 Å². The van der Waals surface area contributed by atoms with Gasteiger partial charge in [-0.1, -0.05) is 23.2 Å². The molecule has 0 aromatic carbocycles. The summed E-state index contributed by atoms with van der Waals surface area (Å²) in [6.07, 6.45) is 3.78. The highest BCUT2D eigenvalue weighted by molar-refractivity contribution is 7.09. The van der Waals surface area contributed by atoms with E-state index >= 15 is 0 Å². The lowest BCUT2D eigenvalue weighted by Gasteiger charge is -2.15. The largest absolute Gasteiger partial charge is 0.376 e. The molecule has 1 amide bonds. The molecule has 1 unspecified atom stereocenters. The second-order valence-corrected chi connectivity index (χ2v) is 8.38. The van der Waals surface area contributed by atoms with E-state index in [-0.39, 0.29) is 11.3 Å². The van der Waals surface area contributed by atoms with Crippen molar-refractivity contribution in [3.05, 3.63) is 44.3 Å². The van der Waals surface area contributed by atoms with Crippen molar-refractivity contribution in [2.75, 3.05) is 6.61 Å². The molecule has 0 aliphatic carbocycles. The van der Waals surface area contributed by atoms with Gasteiger partial charge in [-0.3, -0.25) is 4.79 Å². The lowest BCUT2D eigenvalue weighted by atomic mass is 10.2. The van der Waals surface area contributed by atoms with Crippen LogP contribution >= 0.6 is 34.5 Å². The number of hydrogen-bond donors (Lipinski definition) is 1. The summed E-state index contributed by atoms with van der Waals surface area (Å²) in [4.78, 5) is 20.6. The van der Waals surface area contributed by atoms with Gasteiger partial charge in [0.15, 0.2) is 5.15 Å². The highest BCUT2D eigenvalue weighted by atomic mass is 35.5. The van der Waals surface area contributed by atoms with Crippen molar-refractivity contribution in [1.29, 1.82) is 0 Å². The van der Waals surface area contributed by atoms with E-state index in [2.05, 4.69) is 9.55 Å². The van der Waals surface area contributed by atoms with Gasteiger partial charge in [0.2, 0.25) is 0 Å². The Bertz CT molecular complexity index is 1020. The first kappa shape index (κ1) is 19.4. The fraction of sp³-hybridized carbons (Fsp3) is 0.389. The van der Waals surface area contributed by atoms with Crippen LogP contribution in [0.3, 0.4) is 0 Å². The van der Waals surface area contributed by atoms with Crippen LogP contribution in [-0.4, -0.2) is 37.7 Å². The second kappa shape index (κ2) is 7.87. The Morgan fingerprint density at radius 1 is 1.46 bits per heavy atom. The molecule has 4 rings (SSSR count). The number of hydrogen-bond acceptors (Lipinski definition) is 5. The number of nitrogens with zero attached hydrogens (tertiary/aromatic N) is 4. The molecule has 3 aromatic heterocycles. The van der Waals surface area contributed by atoms with E-state index in [1.807, 2.05) is 18.4 Å². The average Bonchev–Trinajstić information content (AvgIpc) is 3.43. The number of thiazole rings is 1. The highest BCUT2D eigenvalue weighted by Crippen LogP contribution is 2.30. The van der Waals surface area contributed by atoms with Gasteiger partial charge in [0, 0.05) is 24.2 Å². The molecule has 0 saturated carbocycles. The summed E-state index contributed by atoms with van der Waals surface area (Å²) in [5.74, 6) is -0.444. The van der Waals surface area contributed by atoms with Gasteiger partial charge in [-0.05, 0) is 25.8 Å². The van der Waals surface area contributed by atoms with Crippen LogP contribution in [0.5, 0.6) is 0 Å². The molecule has 1 fully saturated rings. The normalized spacial score (nSPS) is 16.8. The second-order valence-electron chi connectivity index (χ2n) is 6.72. The number of amides is 1. The number of imidazole rings is 1. The maximum Gasteiger partial charge on any atom is 0.250 e. The summed E-state index contributed by atoms with van der Waals surface area (Å²) < 4.78 is 9.59. The smallest absolute Gasteiger partial charge is 0.250 e. The number of primary amides is 1. The summed E-state index contributed by atoms with van der Waals surface area (Å²) in [6.45, 7) is 3.82. The van der Waals surface area contributed by atoms with Crippen LogP contribution in [0.1, 0.15) is 33.9 Å². The maximum atomic E-state index is 11.9. The molecule has 1 aliphatic heterocycles. The Labute approximate surface area is 176 Å². The van der Waals surface area contributed by atoms with Crippen LogP contribution in [0.2, 0.25) is 10.3 Å². The molecule has 0 spiro atoms. The van der Waals surface area contributed by atoms with Crippen LogP contribution in [0.25, 0.3) is 11.4 Å². The van der Waals surface area contributed by atoms with Crippen LogP contribution < -0.4 is 5.73 Å². The molecule has 148 valence electrons. The van der Waals surface area contributed by atoms with Gasteiger partial charge in [0.1, 0.15) is 10.2 Å². The fourth-order valence-electron chi connectivity index (χ4n) is 3.43. The summed E-state index contributed by atoms with van der Waals surface area (Å²) in [6, 6.07) is 1.81. The van der Waals surface area contributed by atoms with E-state index in [0.717, 1.165) is 41.5 Å². The van der Waals surface area contributed by atoms with E-state index in [1.54, 1.807) is 10.9 Å². The Morgan fingerprint density at radius 3 is 2.93 bits per heavy atom. The minimum atomic E-state index is -0.444. The zero-order valence-electron chi connectivity index (χ0n) is 15.2. The average molecular weight is 440 g/mol. The molecule has 7 nitrogen and oxygen atoms in total. The molecule has 28 heavy (non-hydrogen) atoms. The molecule has 3 aromatic rings. The van der Waals surface area contributed by atoms with E-state index in [9.17, 15) is 4.79 Å². The maximum absolute atomic E-state index is 11.9. The summed E-state index contributed by atoms with van der Waals surface area (Å²) >= 11 is 13.6. The monoisotopic (exact) mass is 439 g/mol. The first-order valence-electron chi connectivity index (χ1n) is 8.86. The lowest BCUT2D eigenvalue weighted by Crippen LogP contribution is -2.18. The standard InChI is InChI=1S/C18H19Cl2N5O2S/c1-10-12(18(21)26)5-14(25(10)6-11-3-2-4-27-11)13-8-28-15(23-13)7-24-9-22-16(19)17(24)20/h5,8-9,11H,2-4,6-7H2,1H3,(H2,21,26). The van der Waals surface area contributed by atoms with Crippen molar-refractivity contribution < 1.29 is 9.53 Å². The minimum absolute atomic E-state index is 0.135. The first-order valence-corrected chi connectivity index (χ1v) is 10.5. The van der Waals surface area contributed by atoms with E-state index in [0.29, 0.717) is 23.8 Å². The molecule has 2 N–H and O–H groups in total. The van der Waals surface area contributed by atoms with Crippen molar-refractivity contribution in [2.45, 2.75) is 39.0 Å². The van der Waals surface area contributed by atoms with Gasteiger partial charge >= 0.3 is 0 Å². The van der Waals surface area contributed by atoms with Crippen molar-refractivity contribution in [2.24, 2.45) is 5.73 Å². The van der Waals surface area contributed by atoms with Crippen molar-refractivity contribution in [1.82, 2.24) is 19.1 Å². The Morgan fingerprint density at radius 2 is 2.29 bits per heavy atom. The van der Waals surface area contributed by atoms with E-state index < -0.39 is 5.91 Å². The predicted octanol–water partition coefficient (Wildman–Crippen LogP) is 3.75. The summed E-state index contributed by atoms with van der Waals surface area (Å²) in [5.41, 5.74) is 8.56. The molecular weight excluding hydrogens is 421 g/mol. The van der Waals surface area contributed by atoms with Crippen LogP contribution in [0.15, 0.2) is 17.8 Å². The van der Waals surface area contributed by atoms with Crippen LogP contribution in [-0.2, 0) is 17.8 Å². The van der Waals surface area contributed by atoms with Crippen LogP contribution in [0.4, 0.5) is 0 Å². The number of carbonyl (C=O) groups is 1. The molecule has 0 bridgehead atoms. The number of rotatable bonds is 6. The number of halogens is 2. The number of nitrogens with two attached hydrogens (primary N) is 1. The third-order valence-corrected chi connectivity index (χ3v) is 6.50. The Balaban J connectivity index is 1.66. The number of carbonyl (C=O) groups excluding carboxylic acids is 1. The quantitative estimate of drug-likeness (QED) is 0.633. The van der Waals surface area contributed by atoms with E-state index in [4.69, 9.17) is 38.7 Å². The third-order valence-electron chi connectivity index (χ3n) is 4.89. The van der Waals surface area contributed by atoms with Crippen molar-refractivity contribution in [3.63, 3.8) is 0 Å². The Kier molecular flexibility index (Phi) is 5.46. The molecule has 1 aliphatic rings. The number of aromatic nitrogens is 4. The van der Waals surface area contributed by atoms with Gasteiger partial charge in [-0.15, -0.1) is 11.3 Å². The fourth-order valence-corrected chi connectivity index (χ4v) is 4.52. The van der Waals surface area contributed by atoms with E-state index in [1.165, 1.54) is 11.3 Å². The molecule has 10 heteroatoms. The lowest BCUT2D eigenvalue weighted by molar-refractivity contribution is 0.0961. The zero-order valence-corrected chi connectivity index (χ0v) is 17.5. The summed E-state index contributed by atoms with van der Waals surface area (Å²) in [7, 11) is 0. The SMILES string of the molecule is Cc1c(C(N)=O)cc(-c2csc(Cn3cnc(Cl)c3Cl)n2)n1CC1CCCO1. The molecule has 0 radical (unpaired) electrons. The van der Waals surface area contributed by atoms with Gasteiger partial charge in [0.25, 0.3) is 5.91 Å². The third kappa shape index (κ3) is 3.69. The van der Waals surface area contributed by atoms with Gasteiger partial charge < -0.3 is 19.6 Å². The highest BCUT2D eigenvalue weighted by Gasteiger charge is 2.23. The molecule has 1 atom stereocenters. The first-order chi connectivity index (χ1) is 13.4. The molecule has 1 saturated heterocycles. The van der Waals surface area contributed by atoms with Crippen molar-refractivity contribution >= 4 is 40.4 Å². The topological polar surface area (TPSA) is 88.0 Å². The molecular formula is C18H19Cl2N5O2S. The van der Waals surface area contributed by atoms with Gasteiger partial charge in [-0.2, -0.15) is 0 Å². The minimum Gasteiger partial charge on any atom is -0.376 e.